The summed E-state index contributed by atoms with van der Waals surface area (Å²) in [5, 5.41) is 1.60. The van der Waals surface area contributed by atoms with Crippen LogP contribution in [0.5, 0.6) is 0 Å². The summed E-state index contributed by atoms with van der Waals surface area (Å²) < 4.78 is 30.5. The minimum atomic E-state index is -4.06. The van der Waals surface area contributed by atoms with Gasteiger partial charge in [-0.1, -0.05) is 96.8 Å². The van der Waals surface area contributed by atoms with Crippen molar-refractivity contribution < 1.29 is 48.7 Å². The molecule has 0 aliphatic rings. The number of unbranched alkanes of at least 4 members (excludes halogenated alkanes) is 14. The molecule has 0 saturated carbocycles. The number of amides is 1. The fourth-order valence-corrected chi connectivity index (χ4v) is 3.40. The van der Waals surface area contributed by atoms with Gasteiger partial charge >= 0.3 is 29.6 Å². The number of rotatable bonds is 19. The van der Waals surface area contributed by atoms with Crippen LogP contribution < -0.4 is 34.9 Å². The van der Waals surface area contributed by atoms with E-state index in [2.05, 4.69) is 12.2 Å². The Kier molecular flexibility index (Phi) is 22.5. The third-order valence-electron chi connectivity index (χ3n) is 5.10. The van der Waals surface area contributed by atoms with Gasteiger partial charge in [0, 0.05) is 13.0 Å². The first-order valence-corrected chi connectivity index (χ1v) is 12.6. The predicted molar refractivity (Wildman–Crippen MR) is 115 cm³/mol. The molecule has 0 aromatic carbocycles. The standard InChI is InChI=1S/C21H43NO4S.Na.H/c1-3-4-5-6-7-8-9-10-11-12-13-14-15-16-17-18-21(23)22-19-20(2)27(24,25)26;;/h20H,3-19H2,1-2H3,(H,22,23)(H,24,25,26);;/q;+1;-1. The van der Waals surface area contributed by atoms with Crippen LogP contribution in [-0.4, -0.2) is 30.7 Å². The average molecular weight is 430 g/mol. The molecule has 1 amide bonds. The molecule has 28 heavy (non-hydrogen) atoms. The molecular weight excluding hydrogens is 385 g/mol. The van der Waals surface area contributed by atoms with Gasteiger partial charge < -0.3 is 6.74 Å². The molecule has 0 spiro atoms. The Morgan fingerprint density at radius 2 is 1.18 bits per heavy atom. The number of nitrogens with one attached hydrogen (secondary N) is 1. The summed E-state index contributed by atoms with van der Waals surface area (Å²) >= 11 is 0. The van der Waals surface area contributed by atoms with Crippen LogP contribution >= 0.6 is 0 Å². The molecule has 5 nitrogen and oxygen atoms in total. The summed E-state index contributed by atoms with van der Waals surface area (Å²) in [4.78, 5) is 11.6. The van der Waals surface area contributed by atoms with Crippen molar-refractivity contribution in [2.75, 3.05) is 6.54 Å². The molecule has 0 aliphatic carbocycles. The largest absolute Gasteiger partial charge is 1.00 e. The summed E-state index contributed by atoms with van der Waals surface area (Å²) in [5.41, 5.74) is 0. The van der Waals surface area contributed by atoms with Crippen molar-refractivity contribution in [3.8, 4) is 0 Å². The zero-order valence-electron chi connectivity index (χ0n) is 19.7. The van der Waals surface area contributed by atoms with Gasteiger partial charge in [-0.05, 0) is 13.3 Å². The van der Waals surface area contributed by atoms with Gasteiger partial charge in [-0.25, -0.2) is 0 Å². The molecule has 7 heteroatoms. The monoisotopic (exact) mass is 429 g/mol. The van der Waals surface area contributed by atoms with Crippen molar-refractivity contribution in [2.24, 2.45) is 0 Å². The average Bonchev–Trinajstić information content (AvgIpc) is 2.62. The van der Waals surface area contributed by atoms with Crippen LogP contribution in [0.3, 0.4) is 0 Å². The second kappa shape index (κ2) is 20.6. The maximum atomic E-state index is 11.6. The van der Waals surface area contributed by atoms with Gasteiger partial charge in [0.15, 0.2) is 0 Å². The Morgan fingerprint density at radius 3 is 1.54 bits per heavy atom. The molecule has 0 rings (SSSR count). The molecule has 0 aliphatic heterocycles. The first-order chi connectivity index (χ1) is 12.9. The first kappa shape index (κ1) is 30.6. The molecule has 0 radical (unpaired) electrons. The molecule has 0 saturated heterocycles. The Hall–Kier alpha value is 0.380. The molecule has 0 bridgehead atoms. The van der Waals surface area contributed by atoms with Crippen LogP contribution in [0.25, 0.3) is 0 Å². The van der Waals surface area contributed by atoms with Crippen LogP contribution in [0.4, 0.5) is 0 Å². The topological polar surface area (TPSA) is 83.5 Å². The summed E-state index contributed by atoms with van der Waals surface area (Å²) in [5.74, 6) is -0.139. The van der Waals surface area contributed by atoms with E-state index in [9.17, 15) is 13.2 Å². The van der Waals surface area contributed by atoms with Gasteiger partial charge in [-0.2, -0.15) is 8.42 Å². The van der Waals surface area contributed by atoms with Crippen LogP contribution in [0.1, 0.15) is 118 Å². The fraction of sp³-hybridized carbons (Fsp3) is 0.952. The van der Waals surface area contributed by atoms with Crippen molar-refractivity contribution in [1.29, 1.82) is 0 Å². The molecule has 1 unspecified atom stereocenters. The van der Waals surface area contributed by atoms with Crippen molar-refractivity contribution in [2.45, 2.75) is 122 Å². The van der Waals surface area contributed by atoms with Gasteiger partial charge in [-0.3, -0.25) is 9.35 Å². The third kappa shape index (κ3) is 21.1. The van der Waals surface area contributed by atoms with E-state index in [1.54, 1.807) is 0 Å². The maximum Gasteiger partial charge on any atom is 1.00 e. The van der Waals surface area contributed by atoms with E-state index in [-0.39, 0.29) is 43.4 Å². The van der Waals surface area contributed by atoms with Crippen molar-refractivity contribution >= 4 is 16.0 Å². The van der Waals surface area contributed by atoms with Gasteiger partial charge in [0.1, 0.15) is 5.25 Å². The van der Waals surface area contributed by atoms with Gasteiger partial charge in [0.25, 0.3) is 10.1 Å². The van der Waals surface area contributed by atoms with Crippen molar-refractivity contribution in [1.82, 2.24) is 5.32 Å². The maximum absolute atomic E-state index is 11.6. The Bertz CT molecular complexity index is 464. The van der Waals surface area contributed by atoms with E-state index in [0.717, 1.165) is 19.3 Å². The Morgan fingerprint density at radius 1 is 0.821 bits per heavy atom. The molecule has 0 heterocycles. The molecule has 1 atom stereocenters. The molecule has 0 aromatic rings. The molecule has 0 aromatic heterocycles. The zero-order valence-corrected chi connectivity index (χ0v) is 21.5. The number of carbonyl (C=O) groups is 1. The Balaban J connectivity index is -0.00000338. The van der Waals surface area contributed by atoms with E-state index in [0.29, 0.717) is 6.42 Å². The minimum absolute atomic E-state index is 0. The smallest absolute Gasteiger partial charge is 1.00 e. The second-order valence-electron chi connectivity index (χ2n) is 7.83. The quantitative estimate of drug-likeness (QED) is 0.188. The normalized spacial score (nSPS) is 12.4. The van der Waals surface area contributed by atoms with Gasteiger partial charge in [0.05, 0.1) is 0 Å². The summed E-state index contributed by atoms with van der Waals surface area (Å²) in [6.45, 7) is 3.61. The first-order valence-electron chi connectivity index (χ1n) is 11.1. The van der Waals surface area contributed by atoms with Gasteiger partial charge in [-0.15, -0.1) is 0 Å². The van der Waals surface area contributed by atoms with Crippen molar-refractivity contribution in [3.63, 3.8) is 0 Å². The summed E-state index contributed by atoms with van der Waals surface area (Å²) in [6, 6.07) is 0. The van der Waals surface area contributed by atoms with Crippen LogP contribution in [0.15, 0.2) is 0 Å². The van der Waals surface area contributed by atoms with Gasteiger partial charge in [0.2, 0.25) is 5.91 Å². The molecule has 164 valence electrons. The number of hydrogen-bond donors (Lipinski definition) is 2. The van der Waals surface area contributed by atoms with E-state index in [1.807, 2.05) is 0 Å². The van der Waals surface area contributed by atoms with E-state index in [4.69, 9.17) is 4.55 Å². The van der Waals surface area contributed by atoms with Crippen LogP contribution in [0, 0.1) is 0 Å². The van der Waals surface area contributed by atoms with E-state index < -0.39 is 15.4 Å². The molecule has 2 N–H and O–H groups in total. The number of carbonyl (C=O) groups excluding carboxylic acids is 1. The van der Waals surface area contributed by atoms with Crippen molar-refractivity contribution in [3.05, 3.63) is 0 Å². The third-order valence-corrected chi connectivity index (χ3v) is 6.29. The predicted octanol–water partition coefficient (Wildman–Crippen LogP) is 2.76. The van der Waals surface area contributed by atoms with E-state index >= 15 is 0 Å². The Labute approximate surface area is 197 Å². The van der Waals surface area contributed by atoms with Crippen LogP contribution in [-0.2, 0) is 14.9 Å². The minimum Gasteiger partial charge on any atom is -1.00 e. The zero-order chi connectivity index (χ0) is 20.4. The van der Waals surface area contributed by atoms with E-state index in [1.165, 1.54) is 84.0 Å². The fourth-order valence-electron chi connectivity index (χ4n) is 3.11. The number of hydrogen-bond acceptors (Lipinski definition) is 3. The second-order valence-corrected chi connectivity index (χ2v) is 9.66. The molecular formula is C21H44NNaO4S. The van der Waals surface area contributed by atoms with Crippen LogP contribution in [0.2, 0.25) is 0 Å². The summed E-state index contributed by atoms with van der Waals surface area (Å²) in [6.07, 6.45) is 19.7. The SMILES string of the molecule is CCCCCCCCCCCCCCCCCC(=O)NCC(C)S(=O)(=O)O.[H-].[Na+]. The molecule has 0 fully saturated rings. The summed E-state index contributed by atoms with van der Waals surface area (Å²) in [7, 11) is -4.06.